The Morgan fingerprint density at radius 1 is 1.14 bits per heavy atom. The van der Waals surface area contributed by atoms with Gasteiger partial charge >= 0.3 is 6.09 Å². The van der Waals surface area contributed by atoms with Crippen molar-refractivity contribution in [1.82, 2.24) is 35.6 Å². The third kappa shape index (κ3) is 8.47. The SMILES string of the molecule is CCCCNc1nc(SCCC)nc2c1nnn2[C@@H]1CC[C@@H](O)[C@H]1O.CNC(=O)CCNC(=O)O. The van der Waals surface area contributed by atoms with E-state index in [1.807, 2.05) is 0 Å². The van der Waals surface area contributed by atoms with E-state index in [1.54, 1.807) is 16.4 Å². The third-order valence-electron chi connectivity index (χ3n) is 5.33. The molecule has 35 heavy (non-hydrogen) atoms. The van der Waals surface area contributed by atoms with Crippen LogP contribution >= 0.6 is 11.8 Å². The summed E-state index contributed by atoms with van der Waals surface area (Å²) in [4.78, 5) is 29.5. The van der Waals surface area contributed by atoms with E-state index in [2.05, 4.69) is 50.1 Å². The van der Waals surface area contributed by atoms with E-state index in [1.165, 1.54) is 7.05 Å². The maximum absolute atomic E-state index is 10.4. The van der Waals surface area contributed by atoms with Gasteiger partial charge in [-0.25, -0.2) is 19.4 Å². The van der Waals surface area contributed by atoms with Crippen molar-refractivity contribution < 1.29 is 24.9 Å². The van der Waals surface area contributed by atoms with Gasteiger partial charge in [-0.1, -0.05) is 37.2 Å². The van der Waals surface area contributed by atoms with Crippen molar-refractivity contribution >= 4 is 40.7 Å². The van der Waals surface area contributed by atoms with Crippen LogP contribution in [0.1, 0.15) is 58.4 Å². The van der Waals surface area contributed by atoms with Gasteiger partial charge in [0, 0.05) is 32.3 Å². The minimum atomic E-state index is -1.11. The number of aliphatic hydroxyl groups is 2. The molecular weight excluding hydrogens is 476 g/mol. The molecule has 1 aliphatic carbocycles. The van der Waals surface area contributed by atoms with Crippen LogP contribution < -0.4 is 16.0 Å². The molecule has 1 aliphatic rings. The molecular formula is C21H36N8O5S. The largest absolute Gasteiger partial charge is 0.465 e. The Balaban J connectivity index is 0.000000367. The average molecular weight is 513 g/mol. The average Bonchev–Trinajstić information content (AvgIpc) is 3.40. The maximum atomic E-state index is 10.4. The highest BCUT2D eigenvalue weighted by molar-refractivity contribution is 7.99. The first-order valence-corrected chi connectivity index (χ1v) is 12.8. The number of amides is 2. The summed E-state index contributed by atoms with van der Waals surface area (Å²) in [5.74, 6) is 1.46. The first-order chi connectivity index (χ1) is 16.8. The number of carbonyl (C=O) groups is 2. The molecule has 196 valence electrons. The van der Waals surface area contributed by atoms with Gasteiger partial charge in [-0.15, -0.1) is 5.10 Å². The van der Waals surface area contributed by atoms with Crippen molar-refractivity contribution in [3.63, 3.8) is 0 Å². The molecule has 13 nitrogen and oxygen atoms in total. The van der Waals surface area contributed by atoms with Gasteiger partial charge in [0.1, 0.15) is 6.10 Å². The number of aromatic nitrogens is 5. The van der Waals surface area contributed by atoms with Crippen molar-refractivity contribution in [3.05, 3.63) is 0 Å². The summed E-state index contributed by atoms with van der Waals surface area (Å²) in [5.41, 5.74) is 1.23. The molecule has 2 aromatic rings. The third-order valence-corrected chi connectivity index (χ3v) is 6.38. The van der Waals surface area contributed by atoms with Crippen LogP contribution in [0, 0.1) is 0 Å². The van der Waals surface area contributed by atoms with Crippen LogP contribution in [0.4, 0.5) is 10.6 Å². The van der Waals surface area contributed by atoms with Crippen LogP contribution in [0.25, 0.3) is 11.2 Å². The fourth-order valence-electron chi connectivity index (χ4n) is 3.41. The van der Waals surface area contributed by atoms with Crippen molar-refractivity contribution in [2.45, 2.75) is 75.8 Å². The second-order valence-electron chi connectivity index (χ2n) is 8.05. The van der Waals surface area contributed by atoms with Gasteiger partial charge < -0.3 is 31.3 Å². The molecule has 14 heteroatoms. The number of fused-ring (bicyclic) bond motifs is 1. The number of hydrogen-bond acceptors (Lipinski definition) is 10. The van der Waals surface area contributed by atoms with Crippen LogP contribution in [0.5, 0.6) is 0 Å². The van der Waals surface area contributed by atoms with E-state index < -0.39 is 18.3 Å². The van der Waals surface area contributed by atoms with Gasteiger partial charge in [0.15, 0.2) is 22.1 Å². The quantitative estimate of drug-likeness (QED) is 0.145. The lowest BCUT2D eigenvalue weighted by atomic mass is 10.2. The Labute approximate surface area is 208 Å². The van der Waals surface area contributed by atoms with Gasteiger partial charge in [-0.2, -0.15) is 0 Å². The first-order valence-electron chi connectivity index (χ1n) is 11.8. The number of carboxylic acid groups (broad SMARTS) is 1. The fraction of sp³-hybridized carbons (Fsp3) is 0.714. The van der Waals surface area contributed by atoms with Crippen LogP contribution in [-0.4, -0.2) is 90.4 Å². The zero-order valence-electron chi connectivity index (χ0n) is 20.4. The molecule has 2 aromatic heterocycles. The van der Waals surface area contributed by atoms with E-state index >= 15 is 0 Å². The number of nitrogens with zero attached hydrogens (tertiary/aromatic N) is 5. The van der Waals surface area contributed by atoms with E-state index in [-0.39, 0.29) is 24.9 Å². The van der Waals surface area contributed by atoms with Gasteiger partial charge in [0.25, 0.3) is 0 Å². The minimum absolute atomic E-state index is 0.162. The first kappa shape index (κ1) is 28.5. The number of anilines is 1. The van der Waals surface area contributed by atoms with Gasteiger partial charge in [0.05, 0.1) is 12.1 Å². The van der Waals surface area contributed by atoms with Gasteiger partial charge in [0.2, 0.25) is 5.91 Å². The van der Waals surface area contributed by atoms with E-state index in [0.717, 1.165) is 31.6 Å². The zero-order valence-corrected chi connectivity index (χ0v) is 21.2. The summed E-state index contributed by atoms with van der Waals surface area (Å²) in [6.07, 6.45) is 1.90. The highest BCUT2D eigenvalue weighted by Gasteiger charge is 2.37. The Morgan fingerprint density at radius 3 is 2.51 bits per heavy atom. The summed E-state index contributed by atoms with van der Waals surface area (Å²) in [5, 5.41) is 45.1. The summed E-state index contributed by atoms with van der Waals surface area (Å²) in [6.45, 7) is 5.24. The summed E-state index contributed by atoms with van der Waals surface area (Å²) in [7, 11) is 1.50. The summed E-state index contributed by atoms with van der Waals surface area (Å²) in [6, 6.07) is -0.303. The predicted octanol–water partition coefficient (Wildman–Crippen LogP) is 1.38. The molecule has 0 saturated heterocycles. The molecule has 2 heterocycles. The Hall–Kier alpha value is -2.71. The highest BCUT2D eigenvalue weighted by Crippen LogP contribution is 2.33. The molecule has 0 radical (unpaired) electrons. The molecule has 3 rings (SSSR count). The summed E-state index contributed by atoms with van der Waals surface area (Å²) < 4.78 is 1.65. The van der Waals surface area contributed by atoms with E-state index in [9.17, 15) is 19.8 Å². The number of rotatable bonds is 11. The highest BCUT2D eigenvalue weighted by atomic mass is 32.2. The molecule has 0 aliphatic heterocycles. The van der Waals surface area contributed by atoms with E-state index in [0.29, 0.717) is 35.0 Å². The van der Waals surface area contributed by atoms with Crippen LogP contribution in [-0.2, 0) is 4.79 Å². The van der Waals surface area contributed by atoms with Crippen molar-refractivity contribution in [2.75, 3.05) is 31.2 Å². The second-order valence-corrected chi connectivity index (χ2v) is 9.11. The monoisotopic (exact) mass is 512 g/mol. The Bertz CT molecular complexity index is 959. The zero-order chi connectivity index (χ0) is 25.8. The minimum Gasteiger partial charge on any atom is -0.465 e. The fourth-order valence-corrected chi connectivity index (χ4v) is 4.11. The smallest absolute Gasteiger partial charge is 0.404 e. The predicted molar refractivity (Wildman–Crippen MR) is 133 cm³/mol. The number of hydrogen-bond donors (Lipinski definition) is 6. The molecule has 0 spiro atoms. The van der Waals surface area contributed by atoms with Gasteiger partial charge in [-0.3, -0.25) is 4.79 Å². The molecule has 3 atom stereocenters. The van der Waals surface area contributed by atoms with Crippen molar-refractivity contribution in [1.29, 1.82) is 0 Å². The normalized spacial score (nSPS) is 19.2. The van der Waals surface area contributed by atoms with Gasteiger partial charge in [-0.05, 0) is 25.7 Å². The molecule has 0 aromatic carbocycles. The maximum Gasteiger partial charge on any atom is 0.404 e. The Kier molecular flexibility index (Phi) is 11.9. The molecule has 1 saturated carbocycles. The van der Waals surface area contributed by atoms with Crippen LogP contribution in [0.2, 0.25) is 0 Å². The van der Waals surface area contributed by atoms with Crippen molar-refractivity contribution in [2.24, 2.45) is 0 Å². The lowest BCUT2D eigenvalue weighted by Gasteiger charge is -2.16. The number of unbranched alkanes of at least 4 members (excludes halogenated alkanes) is 1. The molecule has 6 N–H and O–H groups in total. The molecule has 0 unspecified atom stereocenters. The standard InChI is InChI=1S/C16H26N6O2S.C5H10N2O3/c1-3-5-8-17-14-12-15(19-16(18-14)25-9-4-2)22(21-20-12)10-6-7-11(23)13(10)24;1-6-4(8)2-3-7-5(9)10/h10-11,13,23-24H,3-9H2,1-2H3,(H,17,18,19);7H,2-3H2,1H3,(H,6,8)(H,9,10)/t10-,11-,13+;/m1./s1. The summed E-state index contributed by atoms with van der Waals surface area (Å²) >= 11 is 1.60. The van der Waals surface area contributed by atoms with Crippen molar-refractivity contribution in [3.8, 4) is 0 Å². The number of nitrogens with one attached hydrogen (secondary N) is 3. The van der Waals surface area contributed by atoms with Crippen LogP contribution in [0.3, 0.4) is 0 Å². The topological polar surface area (TPSA) is 187 Å². The molecule has 0 bridgehead atoms. The number of thioether (sulfide) groups is 1. The lowest BCUT2D eigenvalue weighted by molar-refractivity contribution is -0.120. The Morgan fingerprint density at radius 2 is 1.91 bits per heavy atom. The van der Waals surface area contributed by atoms with E-state index in [4.69, 9.17) is 5.11 Å². The molecule has 1 fully saturated rings. The number of carbonyl (C=O) groups excluding carboxylic acids is 1. The molecule has 2 amide bonds. The number of aliphatic hydroxyl groups excluding tert-OH is 2. The lowest BCUT2D eigenvalue weighted by Crippen LogP contribution is -2.28. The second kappa shape index (κ2) is 14.6. The van der Waals surface area contributed by atoms with Crippen LogP contribution in [0.15, 0.2) is 5.16 Å².